The lowest BCUT2D eigenvalue weighted by molar-refractivity contribution is -0.120. The number of likely N-dealkylation sites (tertiary alicyclic amines) is 1. The molecule has 138 valence electrons. The first-order chi connectivity index (χ1) is 12.7. The van der Waals surface area contributed by atoms with Crippen LogP contribution in [-0.2, 0) is 11.3 Å². The Labute approximate surface area is 159 Å². The van der Waals surface area contributed by atoms with E-state index in [4.69, 9.17) is 4.74 Å². The van der Waals surface area contributed by atoms with Crippen LogP contribution in [0.5, 0.6) is 5.75 Å². The molecule has 2 aromatic carbocycles. The monoisotopic (exact) mass is 370 g/mol. The van der Waals surface area contributed by atoms with Crippen LogP contribution in [0.1, 0.15) is 18.9 Å². The molecule has 1 saturated heterocycles. The van der Waals surface area contributed by atoms with Crippen LogP contribution in [0.4, 0.5) is 0 Å². The number of para-hydroxylation sites is 1. The second kappa shape index (κ2) is 9.10. The van der Waals surface area contributed by atoms with Crippen LogP contribution in [0.25, 0.3) is 0 Å². The number of benzene rings is 2. The largest absolute Gasteiger partial charge is 0.496 e. The van der Waals surface area contributed by atoms with Crippen LogP contribution in [0.15, 0.2) is 59.5 Å². The van der Waals surface area contributed by atoms with Gasteiger partial charge in [0.1, 0.15) is 5.75 Å². The van der Waals surface area contributed by atoms with Gasteiger partial charge in [0.25, 0.3) is 0 Å². The zero-order valence-electron chi connectivity index (χ0n) is 15.4. The Morgan fingerprint density at radius 3 is 2.73 bits per heavy atom. The summed E-state index contributed by atoms with van der Waals surface area (Å²) in [6.45, 7) is 4.82. The normalized spacial score (nSPS) is 18.5. The average molecular weight is 371 g/mol. The lowest BCUT2D eigenvalue weighted by Gasteiger charge is -2.19. The molecule has 1 heterocycles. The summed E-state index contributed by atoms with van der Waals surface area (Å²) in [5.74, 6) is 0.902. The minimum Gasteiger partial charge on any atom is -0.496 e. The molecule has 3 rings (SSSR count). The molecular formula is C21H26N2O2S. The lowest BCUT2D eigenvalue weighted by atomic mass is 10.2. The Kier molecular flexibility index (Phi) is 6.58. The molecule has 4 nitrogen and oxygen atoms in total. The molecule has 0 bridgehead atoms. The molecule has 2 unspecified atom stereocenters. The van der Waals surface area contributed by atoms with Crippen molar-refractivity contribution in [2.75, 3.05) is 20.2 Å². The van der Waals surface area contributed by atoms with Gasteiger partial charge in [-0.05, 0) is 31.0 Å². The number of thioether (sulfide) groups is 1. The van der Waals surface area contributed by atoms with Gasteiger partial charge in [0.05, 0.1) is 17.3 Å². The number of methoxy groups -OCH3 is 1. The zero-order valence-corrected chi connectivity index (χ0v) is 16.2. The molecule has 2 atom stereocenters. The topological polar surface area (TPSA) is 41.6 Å². The van der Waals surface area contributed by atoms with E-state index in [1.54, 1.807) is 7.11 Å². The van der Waals surface area contributed by atoms with Gasteiger partial charge < -0.3 is 10.1 Å². The highest BCUT2D eigenvalue weighted by atomic mass is 32.2. The predicted octanol–water partition coefficient (Wildman–Crippen LogP) is 3.57. The predicted molar refractivity (Wildman–Crippen MR) is 107 cm³/mol. The Hall–Kier alpha value is -1.98. The summed E-state index contributed by atoms with van der Waals surface area (Å²) in [5.41, 5.74) is 1.32. The molecule has 2 aromatic rings. The number of nitrogens with zero attached hydrogens (tertiary/aromatic N) is 1. The van der Waals surface area contributed by atoms with Gasteiger partial charge in [0, 0.05) is 25.7 Å². The first kappa shape index (κ1) is 18.8. The molecule has 26 heavy (non-hydrogen) atoms. The minimum absolute atomic E-state index is 0.0902. The van der Waals surface area contributed by atoms with Gasteiger partial charge >= 0.3 is 0 Å². The quantitative estimate of drug-likeness (QED) is 0.757. The molecule has 1 fully saturated rings. The summed E-state index contributed by atoms with van der Waals surface area (Å²) < 4.78 is 5.37. The Bertz CT molecular complexity index is 723. The maximum atomic E-state index is 12.6. The fourth-order valence-electron chi connectivity index (χ4n) is 3.21. The van der Waals surface area contributed by atoms with Crippen LogP contribution >= 0.6 is 11.8 Å². The minimum atomic E-state index is -0.158. The molecular weight excluding hydrogens is 344 g/mol. The van der Waals surface area contributed by atoms with E-state index in [9.17, 15) is 4.79 Å². The molecule has 0 radical (unpaired) electrons. The number of nitrogens with one attached hydrogen (secondary N) is 1. The Balaban J connectivity index is 1.49. The van der Waals surface area contributed by atoms with E-state index in [1.165, 1.54) is 17.3 Å². The third-order valence-electron chi connectivity index (χ3n) is 4.61. The van der Waals surface area contributed by atoms with Gasteiger partial charge in [-0.25, -0.2) is 0 Å². The van der Waals surface area contributed by atoms with Crippen molar-refractivity contribution in [2.45, 2.75) is 36.1 Å². The van der Waals surface area contributed by atoms with Crippen molar-refractivity contribution >= 4 is 17.7 Å². The van der Waals surface area contributed by atoms with Gasteiger partial charge in [0.15, 0.2) is 0 Å². The first-order valence-electron chi connectivity index (χ1n) is 9.02. The van der Waals surface area contributed by atoms with Crippen molar-refractivity contribution < 1.29 is 9.53 Å². The van der Waals surface area contributed by atoms with Gasteiger partial charge in [-0.15, -0.1) is 11.8 Å². The van der Waals surface area contributed by atoms with Crippen molar-refractivity contribution in [1.29, 1.82) is 0 Å². The second-order valence-electron chi connectivity index (χ2n) is 6.63. The van der Waals surface area contributed by atoms with Gasteiger partial charge in [-0.3, -0.25) is 9.69 Å². The van der Waals surface area contributed by atoms with Crippen LogP contribution in [0.2, 0.25) is 0 Å². The van der Waals surface area contributed by atoms with E-state index in [1.807, 2.05) is 37.3 Å². The molecule has 0 aliphatic carbocycles. The van der Waals surface area contributed by atoms with Crippen molar-refractivity contribution in [3.63, 3.8) is 0 Å². The zero-order chi connectivity index (χ0) is 18.4. The van der Waals surface area contributed by atoms with E-state index < -0.39 is 0 Å². The van der Waals surface area contributed by atoms with Crippen molar-refractivity contribution in [3.8, 4) is 5.75 Å². The first-order valence-corrected chi connectivity index (χ1v) is 9.90. The van der Waals surface area contributed by atoms with Crippen molar-refractivity contribution in [3.05, 3.63) is 60.2 Å². The number of ether oxygens (including phenoxy) is 1. The van der Waals surface area contributed by atoms with Crippen LogP contribution in [0, 0.1) is 0 Å². The summed E-state index contributed by atoms with van der Waals surface area (Å²) in [5, 5.41) is 3.05. The Morgan fingerprint density at radius 1 is 1.23 bits per heavy atom. The van der Waals surface area contributed by atoms with Crippen molar-refractivity contribution in [2.24, 2.45) is 0 Å². The molecule has 1 amide bonds. The standard InChI is InChI=1S/C21H26N2O2S/c1-16(26-20-11-7-6-10-19(20)25-2)21(24)22-18-12-13-23(15-18)14-17-8-4-3-5-9-17/h3-11,16,18H,12-15H2,1-2H3,(H,22,24). The van der Waals surface area contributed by atoms with Gasteiger partial charge in [-0.1, -0.05) is 42.5 Å². The number of carbonyl (C=O) groups excluding carboxylic acids is 1. The Morgan fingerprint density at radius 2 is 1.96 bits per heavy atom. The molecule has 5 heteroatoms. The number of hydrogen-bond donors (Lipinski definition) is 1. The number of amides is 1. The maximum Gasteiger partial charge on any atom is 0.233 e. The molecule has 1 aliphatic rings. The number of rotatable bonds is 7. The summed E-state index contributed by atoms with van der Waals surface area (Å²) in [7, 11) is 1.66. The number of hydrogen-bond acceptors (Lipinski definition) is 4. The van der Waals surface area contributed by atoms with Gasteiger partial charge in [-0.2, -0.15) is 0 Å². The van der Waals surface area contributed by atoms with E-state index >= 15 is 0 Å². The van der Waals surface area contributed by atoms with Crippen molar-refractivity contribution in [1.82, 2.24) is 10.2 Å². The molecule has 1 N–H and O–H groups in total. The molecule has 0 spiro atoms. The van der Waals surface area contributed by atoms with Crippen LogP contribution in [-0.4, -0.2) is 42.3 Å². The highest BCUT2D eigenvalue weighted by molar-refractivity contribution is 8.00. The van der Waals surface area contributed by atoms with Gasteiger partial charge in [0.2, 0.25) is 5.91 Å². The summed E-state index contributed by atoms with van der Waals surface area (Å²) >= 11 is 1.54. The molecule has 1 aliphatic heterocycles. The van der Waals surface area contributed by atoms with E-state index in [0.29, 0.717) is 0 Å². The molecule has 0 saturated carbocycles. The average Bonchev–Trinajstić information content (AvgIpc) is 3.09. The van der Waals surface area contributed by atoms with E-state index in [2.05, 4.69) is 34.5 Å². The third kappa shape index (κ3) is 5.02. The van der Waals surface area contributed by atoms with E-state index in [0.717, 1.165) is 36.7 Å². The smallest absolute Gasteiger partial charge is 0.233 e. The number of carbonyl (C=O) groups is 1. The summed E-state index contributed by atoms with van der Waals surface area (Å²) in [6.07, 6.45) is 1.00. The lowest BCUT2D eigenvalue weighted by Crippen LogP contribution is -2.40. The maximum absolute atomic E-state index is 12.6. The van der Waals surface area contributed by atoms with Crippen LogP contribution in [0.3, 0.4) is 0 Å². The SMILES string of the molecule is COc1ccccc1SC(C)C(=O)NC1CCN(Cc2ccccc2)C1. The van der Waals surface area contributed by atoms with E-state index in [-0.39, 0.29) is 17.2 Å². The highest BCUT2D eigenvalue weighted by Gasteiger charge is 2.26. The fraction of sp³-hybridized carbons (Fsp3) is 0.381. The van der Waals surface area contributed by atoms with Crippen LogP contribution < -0.4 is 10.1 Å². The summed E-state index contributed by atoms with van der Waals surface area (Å²) in [6, 6.07) is 18.5. The second-order valence-corrected chi connectivity index (χ2v) is 8.01. The molecule has 0 aromatic heterocycles. The third-order valence-corrected chi connectivity index (χ3v) is 5.77. The fourth-order valence-corrected chi connectivity index (χ4v) is 4.20. The highest BCUT2D eigenvalue weighted by Crippen LogP contribution is 2.32. The summed E-state index contributed by atoms with van der Waals surface area (Å²) in [4.78, 5) is 16.0.